The van der Waals surface area contributed by atoms with E-state index in [4.69, 9.17) is 17.3 Å². The van der Waals surface area contributed by atoms with Crippen molar-refractivity contribution in [1.29, 1.82) is 0 Å². The van der Waals surface area contributed by atoms with Gasteiger partial charge in [0.2, 0.25) is 0 Å². The Balaban J connectivity index is 2.05. The van der Waals surface area contributed by atoms with Gasteiger partial charge < -0.3 is 10.6 Å². The third kappa shape index (κ3) is 2.54. The number of anilines is 1. The van der Waals surface area contributed by atoms with Gasteiger partial charge in [-0.05, 0) is 48.9 Å². The van der Waals surface area contributed by atoms with Gasteiger partial charge in [0.25, 0.3) is 0 Å². The summed E-state index contributed by atoms with van der Waals surface area (Å²) in [6, 6.07) is 15.9. The third-order valence-corrected chi connectivity index (χ3v) is 4.60. The average molecular weight is 365 g/mol. The molecule has 0 fully saturated rings. The molecule has 5 heteroatoms. The maximum Gasteiger partial charge on any atom is 0.196 e. The lowest BCUT2D eigenvalue weighted by atomic mass is 9.90. The van der Waals surface area contributed by atoms with Crippen molar-refractivity contribution in [3.05, 3.63) is 63.6 Å². The number of benzene rings is 2. The molecule has 0 bridgehead atoms. The number of rotatable bonds is 2. The van der Waals surface area contributed by atoms with Crippen molar-refractivity contribution in [2.45, 2.75) is 12.5 Å². The molecule has 108 valence electrons. The molecular weight excluding hydrogens is 350 g/mol. The molecule has 1 atom stereocenters. The molecule has 0 saturated carbocycles. The monoisotopic (exact) mass is 363 g/mol. The Labute approximate surface area is 137 Å². The summed E-state index contributed by atoms with van der Waals surface area (Å²) in [5, 5.41) is 0.707. The smallest absolute Gasteiger partial charge is 0.196 e. The molecule has 0 radical (unpaired) electrons. The van der Waals surface area contributed by atoms with E-state index in [1.54, 1.807) is 0 Å². The standard InChI is InChI=1S/C16H15BrClN3/c1-16(11-2-4-12(17)5-3-11)10-20-15(19)21(16)14-8-6-13(18)7-9-14/h2-9H,10H2,1H3,(H2,19,20). The predicted octanol–water partition coefficient (Wildman–Crippen LogP) is 4.15. The topological polar surface area (TPSA) is 41.6 Å². The fraction of sp³-hybridized carbons (Fsp3) is 0.188. The van der Waals surface area contributed by atoms with E-state index in [1.165, 1.54) is 5.56 Å². The van der Waals surface area contributed by atoms with Crippen LogP contribution in [0.5, 0.6) is 0 Å². The van der Waals surface area contributed by atoms with Crippen molar-refractivity contribution in [3.8, 4) is 0 Å². The van der Waals surface area contributed by atoms with Crippen LogP contribution in [0.15, 0.2) is 58.0 Å². The first-order valence-electron chi connectivity index (χ1n) is 6.62. The lowest BCUT2D eigenvalue weighted by molar-refractivity contribution is 0.533. The second-order valence-electron chi connectivity index (χ2n) is 5.27. The summed E-state index contributed by atoms with van der Waals surface area (Å²) in [7, 11) is 0. The van der Waals surface area contributed by atoms with Gasteiger partial charge in [0.15, 0.2) is 5.96 Å². The van der Waals surface area contributed by atoms with E-state index < -0.39 is 0 Å². The summed E-state index contributed by atoms with van der Waals surface area (Å²) in [6.07, 6.45) is 0. The van der Waals surface area contributed by atoms with Crippen LogP contribution in [-0.4, -0.2) is 12.5 Å². The van der Waals surface area contributed by atoms with E-state index in [2.05, 4.69) is 44.9 Å². The summed E-state index contributed by atoms with van der Waals surface area (Å²) in [5.41, 5.74) is 7.99. The molecule has 1 aliphatic heterocycles. The molecule has 1 aliphatic rings. The zero-order chi connectivity index (χ0) is 15.0. The van der Waals surface area contributed by atoms with Crippen LogP contribution in [0.2, 0.25) is 5.02 Å². The van der Waals surface area contributed by atoms with Gasteiger partial charge in [-0.2, -0.15) is 0 Å². The summed E-state index contributed by atoms with van der Waals surface area (Å²) in [6.45, 7) is 2.78. The largest absolute Gasteiger partial charge is 0.369 e. The Morgan fingerprint density at radius 2 is 1.76 bits per heavy atom. The van der Waals surface area contributed by atoms with Crippen LogP contribution in [0.1, 0.15) is 12.5 Å². The predicted molar refractivity (Wildman–Crippen MR) is 91.9 cm³/mol. The summed E-state index contributed by atoms with van der Waals surface area (Å²) in [4.78, 5) is 6.51. The van der Waals surface area contributed by atoms with Gasteiger partial charge in [0.05, 0.1) is 12.1 Å². The number of halogens is 2. The average Bonchev–Trinajstić information content (AvgIpc) is 2.78. The van der Waals surface area contributed by atoms with Crippen LogP contribution < -0.4 is 10.6 Å². The maximum absolute atomic E-state index is 6.13. The zero-order valence-electron chi connectivity index (χ0n) is 11.6. The van der Waals surface area contributed by atoms with Crippen molar-refractivity contribution < 1.29 is 0 Å². The number of guanidine groups is 1. The fourth-order valence-electron chi connectivity index (χ4n) is 2.67. The number of aliphatic imine (C=N–C) groups is 1. The highest BCUT2D eigenvalue weighted by atomic mass is 79.9. The normalized spacial score (nSPS) is 21.5. The molecule has 2 N–H and O–H groups in total. The second kappa shape index (κ2) is 5.35. The van der Waals surface area contributed by atoms with Gasteiger partial charge >= 0.3 is 0 Å². The van der Waals surface area contributed by atoms with Crippen LogP contribution in [-0.2, 0) is 5.54 Å². The van der Waals surface area contributed by atoms with Crippen molar-refractivity contribution in [2.75, 3.05) is 11.4 Å². The summed E-state index contributed by atoms with van der Waals surface area (Å²) >= 11 is 9.44. The SMILES string of the molecule is CC1(c2ccc(Br)cc2)CN=C(N)N1c1ccc(Cl)cc1. The third-order valence-electron chi connectivity index (χ3n) is 3.82. The molecule has 1 unspecified atom stereocenters. The van der Waals surface area contributed by atoms with Crippen molar-refractivity contribution >= 4 is 39.2 Å². The van der Waals surface area contributed by atoms with Gasteiger partial charge in [-0.15, -0.1) is 0 Å². The van der Waals surface area contributed by atoms with E-state index in [1.807, 2.05) is 36.4 Å². The van der Waals surface area contributed by atoms with Crippen molar-refractivity contribution in [3.63, 3.8) is 0 Å². The van der Waals surface area contributed by atoms with Crippen LogP contribution in [0.4, 0.5) is 5.69 Å². The van der Waals surface area contributed by atoms with E-state index in [-0.39, 0.29) is 5.54 Å². The first-order chi connectivity index (χ1) is 10.0. The molecule has 0 aromatic heterocycles. The minimum absolute atomic E-state index is 0.293. The molecule has 0 saturated heterocycles. The molecule has 2 aromatic carbocycles. The van der Waals surface area contributed by atoms with Crippen molar-refractivity contribution in [2.24, 2.45) is 10.7 Å². The van der Waals surface area contributed by atoms with Crippen LogP contribution >= 0.6 is 27.5 Å². The van der Waals surface area contributed by atoms with Gasteiger partial charge in [0.1, 0.15) is 0 Å². The summed E-state index contributed by atoms with van der Waals surface area (Å²) in [5.74, 6) is 0.530. The van der Waals surface area contributed by atoms with E-state index in [9.17, 15) is 0 Å². The van der Waals surface area contributed by atoms with Crippen LogP contribution in [0, 0.1) is 0 Å². The highest BCUT2D eigenvalue weighted by Gasteiger charge is 2.40. The molecule has 0 aliphatic carbocycles. The number of hydrogen-bond donors (Lipinski definition) is 1. The van der Waals surface area contributed by atoms with E-state index in [0.29, 0.717) is 17.5 Å². The maximum atomic E-state index is 6.13. The molecule has 21 heavy (non-hydrogen) atoms. The molecule has 3 nitrogen and oxygen atoms in total. The van der Waals surface area contributed by atoms with Crippen LogP contribution in [0.3, 0.4) is 0 Å². The minimum atomic E-state index is -0.293. The number of nitrogens with two attached hydrogens (primary N) is 1. The quantitative estimate of drug-likeness (QED) is 0.869. The number of hydrogen-bond acceptors (Lipinski definition) is 3. The van der Waals surface area contributed by atoms with Gasteiger partial charge in [0, 0.05) is 15.2 Å². The lowest BCUT2D eigenvalue weighted by Crippen LogP contribution is -2.47. The molecule has 0 amide bonds. The highest BCUT2D eigenvalue weighted by Crippen LogP contribution is 2.37. The van der Waals surface area contributed by atoms with E-state index >= 15 is 0 Å². The summed E-state index contributed by atoms with van der Waals surface area (Å²) < 4.78 is 1.06. The van der Waals surface area contributed by atoms with Crippen molar-refractivity contribution in [1.82, 2.24) is 0 Å². The van der Waals surface area contributed by atoms with Crippen LogP contribution in [0.25, 0.3) is 0 Å². The first-order valence-corrected chi connectivity index (χ1v) is 7.79. The van der Waals surface area contributed by atoms with Gasteiger partial charge in [-0.1, -0.05) is 39.7 Å². The molecule has 0 spiro atoms. The minimum Gasteiger partial charge on any atom is -0.369 e. The Morgan fingerprint density at radius 3 is 2.38 bits per heavy atom. The Hall–Kier alpha value is -1.52. The fourth-order valence-corrected chi connectivity index (χ4v) is 3.06. The Kier molecular flexibility index (Phi) is 3.68. The molecule has 1 heterocycles. The van der Waals surface area contributed by atoms with Gasteiger partial charge in [-0.25, -0.2) is 0 Å². The Bertz CT molecular complexity index is 682. The van der Waals surface area contributed by atoms with E-state index in [0.717, 1.165) is 10.2 Å². The van der Waals surface area contributed by atoms with Gasteiger partial charge in [-0.3, -0.25) is 4.99 Å². The Morgan fingerprint density at radius 1 is 1.14 bits per heavy atom. The second-order valence-corrected chi connectivity index (χ2v) is 6.62. The highest BCUT2D eigenvalue weighted by molar-refractivity contribution is 9.10. The number of nitrogens with zero attached hydrogens (tertiary/aromatic N) is 2. The lowest BCUT2D eigenvalue weighted by Gasteiger charge is -2.36. The molecule has 2 aromatic rings. The first kappa shape index (κ1) is 14.4. The zero-order valence-corrected chi connectivity index (χ0v) is 13.9. The molecular formula is C16H15BrClN3. The molecule has 3 rings (SSSR count).